The molecule has 0 fully saturated rings. The zero-order valence-corrected chi connectivity index (χ0v) is 14.4. The minimum absolute atomic E-state index is 0.0374. The summed E-state index contributed by atoms with van der Waals surface area (Å²) in [5.41, 5.74) is 1.30. The molecule has 0 N–H and O–H groups in total. The van der Waals surface area contributed by atoms with Gasteiger partial charge in [0.15, 0.2) is 0 Å². The summed E-state index contributed by atoms with van der Waals surface area (Å²) in [5, 5.41) is 20.0. The summed E-state index contributed by atoms with van der Waals surface area (Å²) >= 11 is 2.57. The van der Waals surface area contributed by atoms with E-state index in [1.165, 1.54) is 22.7 Å². The maximum atomic E-state index is 9.10. The van der Waals surface area contributed by atoms with Gasteiger partial charge in [0.2, 0.25) is 0 Å². The molecular weight excluding hydrogens is 364 g/mol. The third-order valence-corrected chi connectivity index (χ3v) is 5.86. The van der Waals surface area contributed by atoms with E-state index in [9.17, 15) is 0 Å². The predicted molar refractivity (Wildman–Crippen MR) is 101 cm³/mol. The molecule has 6 nitrogen and oxygen atoms in total. The highest BCUT2D eigenvalue weighted by Crippen LogP contribution is 2.32. The second-order valence-corrected chi connectivity index (χ2v) is 7.14. The monoisotopic (exact) mass is 368 g/mol. The summed E-state index contributed by atoms with van der Waals surface area (Å²) in [6.07, 6.45) is 0. The van der Waals surface area contributed by atoms with E-state index < -0.39 is 0 Å². The number of hydrogen-bond acceptors (Lipinski definition) is 6. The molecule has 0 aliphatic rings. The predicted octanol–water partition coefficient (Wildman–Crippen LogP) is 3.16. The highest BCUT2D eigenvalue weighted by atomic mass is 32.1. The maximum Gasteiger partial charge on any atom is 0.296 e. The van der Waals surface area contributed by atoms with Crippen molar-refractivity contribution in [1.82, 2.24) is 9.97 Å². The van der Waals surface area contributed by atoms with Crippen LogP contribution in [0.25, 0.3) is 52.3 Å². The minimum atomic E-state index is -0.0430. The first-order chi connectivity index (χ1) is 12.7. The topological polar surface area (TPSA) is 82.1 Å². The standard InChI is InChI=1S/C18H4N6S2/c1-21-11(7-19)17-23-10-5-3-9-4-6-13-15(14(9)16(10)26-17)24-18(25-13)12(8-20)22-2/h3-6H/b17-11+,18-12+. The van der Waals surface area contributed by atoms with Crippen LogP contribution in [0.15, 0.2) is 24.3 Å². The molecule has 4 aromatic rings. The molecule has 0 bridgehead atoms. The molecule has 0 aliphatic heterocycles. The van der Waals surface area contributed by atoms with Crippen LogP contribution in [-0.2, 0) is 0 Å². The van der Waals surface area contributed by atoms with Crippen LogP contribution >= 0.6 is 22.7 Å². The fraction of sp³-hybridized carbons (Fsp3) is 0. The Labute approximate surface area is 154 Å². The van der Waals surface area contributed by atoms with E-state index in [0.29, 0.717) is 20.4 Å². The summed E-state index contributed by atoms with van der Waals surface area (Å²) < 4.78 is 2.46. The van der Waals surface area contributed by atoms with Gasteiger partial charge in [-0.1, -0.05) is 12.1 Å². The second-order valence-electron chi connectivity index (χ2n) is 5.11. The molecule has 118 valence electrons. The molecule has 2 heterocycles. The van der Waals surface area contributed by atoms with E-state index in [1.807, 2.05) is 36.4 Å². The summed E-state index contributed by atoms with van der Waals surface area (Å²) in [6.45, 7) is 14.2. The number of fused-ring (bicyclic) bond motifs is 5. The first-order valence-corrected chi connectivity index (χ1v) is 8.76. The molecule has 2 aromatic heterocycles. The lowest BCUT2D eigenvalue weighted by atomic mass is 10.1. The summed E-state index contributed by atoms with van der Waals surface area (Å²) in [6, 6.07) is 11.4. The van der Waals surface area contributed by atoms with E-state index in [-0.39, 0.29) is 11.4 Å². The van der Waals surface area contributed by atoms with Gasteiger partial charge in [0.1, 0.15) is 9.33 Å². The molecule has 0 spiro atoms. The van der Waals surface area contributed by atoms with Gasteiger partial charge in [0, 0.05) is 5.39 Å². The van der Waals surface area contributed by atoms with Crippen LogP contribution in [-0.4, -0.2) is 9.97 Å². The molecular formula is C18H4N6S2. The van der Waals surface area contributed by atoms with Crippen LogP contribution in [0.5, 0.6) is 0 Å². The minimum Gasteiger partial charge on any atom is -0.248 e. The van der Waals surface area contributed by atoms with Crippen LogP contribution in [0, 0.1) is 35.8 Å². The van der Waals surface area contributed by atoms with E-state index in [1.54, 1.807) is 0 Å². The lowest BCUT2D eigenvalue weighted by Gasteiger charge is -1.99. The Morgan fingerprint density at radius 1 is 0.923 bits per heavy atom. The highest BCUT2D eigenvalue weighted by Gasteiger charge is 2.13. The Bertz CT molecular complexity index is 1380. The Hall–Kier alpha value is -3.82. The number of rotatable bonds is 0. The first kappa shape index (κ1) is 15.7. The molecule has 0 amide bonds. The SMILES string of the molecule is [C-]#[N+]/C(C#N)=c1\nc2c(ccc3ccc4n/c(=C(/C#N)[N+]#[C-])sc4c32)s1. The molecule has 2 aromatic carbocycles. The molecule has 26 heavy (non-hydrogen) atoms. The average molecular weight is 368 g/mol. The zero-order valence-electron chi connectivity index (χ0n) is 12.8. The number of hydrogen-bond donors (Lipinski definition) is 0. The van der Waals surface area contributed by atoms with Crippen molar-refractivity contribution in [3.63, 3.8) is 0 Å². The lowest BCUT2D eigenvalue weighted by Crippen LogP contribution is -1.99. The summed E-state index contributed by atoms with van der Waals surface area (Å²) in [5.74, 6) is 0. The van der Waals surface area contributed by atoms with Gasteiger partial charge in [-0.25, -0.2) is 30.2 Å². The van der Waals surface area contributed by atoms with Crippen molar-refractivity contribution in [2.24, 2.45) is 0 Å². The molecule has 0 atom stereocenters. The van der Waals surface area contributed by atoms with Gasteiger partial charge in [0.05, 0.1) is 45.7 Å². The van der Waals surface area contributed by atoms with Gasteiger partial charge < -0.3 is 0 Å². The number of nitrogens with zero attached hydrogens (tertiary/aromatic N) is 6. The van der Waals surface area contributed by atoms with Crippen LogP contribution in [0.4, 0.5) is 0 Å². The van der Waals surface area contributed by atoms with Gasteiger partial charge in [-0.2, -0.15) is 0 Å². The van der Waals surface area contributed by atoms with Crippen molar-refractivity contribution in [3.8, 4) is 12.1 Å². The van der Waals surface area contributed by atoms with Gasteiger partial charge in [-0.05, 0) is 17.5 Å². The Morgan fingerprint density at radius 3 is 2.23 bits per heavy atom. The fourth-order valence-electron chi connectivity index (χ4n) is 2.62. The van der Waals surface area contributed by atoms with Crippen LogP contribution in [0.1, 0.15) is 0 Å². The largest absolute Gasteiger partial charge is 0.296 e. The van der Waals surface area contributed by atoms with E-state index >= 15 is 0 Å². The molecule has 8 heteroatoms. The van der Waals surface area contributed by atoms with Crippen molar-refractivity contribution in [1.29, 1.82) is 10.5 Å². The van der Waals surface area contributed by atoms with Crippen LogP contribution in [0.3, 0.4) is 0 Å². The van der Waals surface area contributed by atoms with E-state index in [0.717, 1.165) is 20.2 Å². The molecule has 0 saturated heterocycles. The highest BCUT2D eigenvalue weighted by molar-refractivity contribution is 7.19. The fourth-order valence-corrected chi connectivity index (χ4v) is 4.60. The van der Waals surface area contributed by atoms with E-state index in [4.69, 9.17) is 23.7 Å². The third-order valence-electron chi connectivity index (χ3n) is 3.73. The second kappa shape index (κ2) is 5.92. The van der Waals surface area contributed by atoms with Crippen LogP contribution < -0.4 is 9.33 Å². The van der Waals surface area contributed by atoms with Gasteiger partial charge >= 0.3 is 0 Å². The third kappa shape index (κ3) is 2.19. The summed E-state index contributed by atoms with van der Waals surface area (Å²) in [7, 11) is 0. The Balaban J connectivity index is 2.26. The summed E-state index contributed by atoms with van der Waals surface area (Å²) in [4.78, 5) is 15.4. The zero-order chi connectivity index (χ0) is 18.3. The smallest absolute Gasteiger partial charge is 0.248 e. The molecule has 4 rings (SSSR count). The lowest BCUT2D eigenvalue weighted by molar-refractivity contribution is 1.40. The number of benzene rings is 2. The Kier molecular flexibility index (Phi) is 3.57. The number of nitriles is 2. The molecule has 0 unspecified atom stereocenters. The normalized spacial score (nSPS) is 12.9. The van der Waals surface area contributed by atoms with Gasteiger partial charge in [0.25, 0.3) is 11.4 Å². The quantitative estimate of drug-likeness (QED) is 0.447. The molecule has 0 radical (unpaired) electrons. The van der Waals surface area contributed by atoms with Crippen molar-refractivity contribution >= 4 is 65.3 Å². The molecule has 0 aliphatic carbocycles. The van der Waals surface area contributed by atoms with Crippen molar-refractivity contribution < 1.29 is 0 Å². The van der Waals surface area contributed by atoms with E-state index in [2.05, 4.69) is 19.7 Å². The van der Waals surface area contributed by atoms with Crippen molar-refractivity contribution in [2.75, 3.05) is 0 Å². The Morgan fingerprint density at radius 2 is 1.58 bits per heavy atom. The number of aromatic nitrogens is 2. The van der Waals surface area contributed by atoms with Crippen molar-refractivity contribution in [2.45, 2.75) is 0 Å². The number of thiazole rings is 2. The maximum absolute atomic E-state index is 9.10. The van der Waals surface area contributed by atoms with Crippen molar-refractivity contribution in [3.05, 3.63) is 56.4 Å². The first-order valence-electron chi connectivity index (χ1n) is 7.12. The molecule has 0 saturated carbocycles. The van der Waals surface area contributed by atoms with Gasteiger partial charge in [-0.3, -0.25) is 0 Å². The van der Waals surface area contributed by atoms with Gasteiger partial charge in [-0.15, -0.1) is 22.7 Å². The average Bonchev–Trinajstić information content (AvgIpc) is 3.27. The van der Waals surface area contributed by atoms with Crippen LogP contribution in [0.2, 0.25) is 0 Å².